The number of rotatable bonds is 2. The molecule has 0 spiro atoms. The molecule has 3 heteroatoms. The van der Waals surface area contributed by atoms with Crippen LogP contribution in [0, 0.1) is 6.07 Å². The molecule has 1 aromatic rings. The number of hydrogen-bond donors (Lipinski definition) is 2. The van der Waals surface area contributed by atoms with Crippen LogP contribution in [-0.2, 0) is 11.3 Å². The second-order valence-electron chi connectivity index (χ2n) is 2.48. The zero-order chi connectivity index (χ0) is 8.97. The predicted molar refractivity (Wildman–Crippen MR) is 47.5 cm³/mol. The summed E-state index contributed by atoms with van der Waals surface area (Å²) in [5.74, 6) is -0.0968. The van der Waals surface area contributed by atoms with E-state index in [0.717, 1.165) is 5.56 Å². The topological polar surface area (TPSA) is 55.1 Å². The maximum atomic E-state index is 10.7. The van der Waals surface area contributed by atoms with Crippen LogP contribution < -0.4 is 11.1 Å². The molecule has 0 atom stereocenters. The van der Waals surface area contributed by atoms with Crippen molar-refractivity contribution in [2.24, 2.45) is 5.73 Å². The third kappa shape index (κ3) is 2.36. The Morgan fingerprint density at radius 3 is 3.00 bits per heavy atom. The van der Waals surface area contributed by atoms with Gasteiger partial charge in [-0.1, -0.05) is 12.1 Å². The van der Waals surface area contributed by atoms with Gasteiger partial charge in [0, 0.05) is 25.2 Å². The molecule has 0 bridgehead atoms. The largest absolute Gasteiger partial charge is 0.326 e. The monoisotopic (exact) mass is 163 g/mol. The lowest BCUT2D eigenvalue weighted by atomic mass is 10.2. The van der Waals surface area contributed by atoms with Gasteiger partial charge >= 0.3 is 0 Å². The van der Waals surface area contributed by atoms with Crippen LogP contribution in [0.25, 0.3) is 0 Å². The van der Waals surface area contributed by atoms with Gasteiger partial charge in [0.2, 0.25) is 5.91 Å². The number of nitrogens with one attached hydrogen (secondary N) is 1. The number of amides is 1. The average Bonchev–Trinajstić information content (AvgIpc) is 2.03. The molecule has 1 amide bonds. The minimum absolute atomic E-state index is 0.0968. The van der Waals surface area contributed by atoms with Crippen LogP contribution in [0.5, 0.6) is 0 Å². The summed E-state index contributed by atoms with van der Waals surface area (Å²) < 4.78 is 0. The Morgan fingerprint density at radius 2 is 2.42 bits per heavy atom. The van der Waals surface area contributed by atoms with Crippen molar-refractivity contribution in [2.75, 3.05) is 5.32 Å². The summed E-state index contributed by atoms with van der Waals surface area (Å²) in [7, 11) is 0. The van der Waals surface area contributed by atoms with E-state index in [1.807, 2.05) is 12.1 Å². The van der Waals surface area contributed by atoms with Crippen LogP contribution in [-0.4, -0.2) is 5.91 Å². The van der Waals surface area contributed by atoms with E-state index in [0.29, 0.717) is 12.2 Å². The van der Waals surface area contributed by atoms with Crippen molar-refractivity contribution in [2.45, 2.75) is 13.5 Å². The predicted octanol–water partition coefficient (Wildman–Crippen LogP) is 0.904. The molecule has 1 rings (SSSR count). The first kappa shape index (κ1) is 8.74. The van der Waals surface area contributed by atoms with Gasteiger partial charge < -0.3 is 11.1 Å². The molecular weight excluding hydrogens is 152 g/mol. The fraction of sp³-hybridized carbons (Fsp3) is 0.222. The molecule has 0 unspecified atom stereocenters. The number of benzene rings is 1. The maximum Gasteiger partial charge on any atom is 0.221 e. The summed E-state index contributed by atoms with van der Waals surface area (Å²) in [4.78, 5) is 10.7. The Balaban J connectivity index is 2.79. The molecule has 0 aliphatic carbocycles. The van der Waals surface area contributed by atoms with Crippen LogP contribution in [0.1, 0.15) is 12.5 Å². The zero-order valence-corrected chi connectivity index (χ0v) is 6.92. The van der Waals surface area contributed by atoms with Gasteiger partial charge in [0.05, 0.1) is 0 Å². The van der Waals surface area contributed by atoms with Crippen molar-refractivity contribution in [1.29, 1.82) is 0 Å². The Bertz CT molecular complexity index is 284. The molecule has 1 aromatic carbocycles. The first-order valence-electron chi connectivity index (χ1n) is 3.71. The standard InChI is InChI=1S/C9H11N2O/c1-7(12)11-9-4-2-3-8(5-9)6-10/h2-4H,6,10H2,1H3,(H,11,12). The minimum Gasteiger partial charge on any atom is -0.326 e. The molecule has 0 saturated carbocycles. The van der Waals surface area contributed by atoms with Crippen molar-refractivity contribution in [3.05, 3.63) is 29.8 Å². The van der Waals surface area contributed by atoms with Crippen molar-refractivity contribution >= 4 is 11.6 Å². The van der Waals surface area contributed by atoms with Gasteiger partial charge in [-0.3, -0.25) is 4.79 Å². The molecule has 0 fully saturated rings. The molecule has 0 saturated heterocycles. The minimum atomic E-state index is -0.0968. The van der Waals surface area contributed by atoms with E-state index in [4.69, 9.17) is 5.73 Å². The Kier molecular flexibility index (Phi) is 2.82. The highest BCUT2D eigenvalue weighted by molar-refractivity contribution is 5.88. The SMILES string of the molecule is CC(=O)Nc1[c]c(CN)ccc1. The van der Waals surface area contributed by atoms with Gasteiger partial charge in [0.15, 0.2) is 0 Å². The average molecular weight is 163 g/mol. The summed E-state index contributed by atoms with van der Waals surface area (Å²) in [6.45, 7) is 1.90. The fourth-order valence-corrected chi connectivity index (χ4v) is 0.898. The normalized spacial score (nSPS) is 9.50. The van der Waals surface area contributed by atoms with Crippen LogP contribution in [0.4, 0.5) is 5.69 Å². The summed E-state index contributed by atoms with van der Waals surface area (Å²) >= 11 is 0. The van der Waals surface area contributed by atoms with Gasteiger partial charge in [0.1, 0.15) is 0 Å². The lowest BCUT2D eigenvalue weighted by molar-refractivity contribution is -0.114. The van der Waals surface area contributed by atoms with Gasteiger partial charge in [-0.05, 0) is 11.6 Å². The molecule has 0 aliphatic heterocycles. The molecule has 0 heterocycles. The highest BCUT2D eigenvalue weighted by Crippen LogP contribution is 2.08. The van der Waals surface area contributed by atoms with Crippen molar-refractivity contribution in [3.8, 4) is 0 Å². The third-order valence-electron chi connectivity index (χ3n) is 1.39. The van der Waals surface area contributed by atoms with E-state index >= 15 is 0 Å². The molecule has 0 aliphatic rings. The number of carbonyl (C=O) groups is 1. The van der Waals surface area contributed by atoms with E-state index in [2.05, 4.69) is 11.4 Å². The van der Waals surface area contributed by atoms with E-state index in [1.165, 1.54) is 6.92 Å². The van der Waals surface area contributed by atoms with Crippen LogP contribution in [0.15, 0.2) is 18.2 Å². The molecule has 0 aromatic heterocycles. The molecular formula is C9H11N2O. The van der Waals surface area contributed by atoms with Crippen LogP contribution in [0.2, 0.25) is 0 Å². The summed E-state index contributed by atoms with van der Waals surface area (Å²) in [5.41, 5.74) is 6.97. The maximum absolute atomic E-state index is 10.7. The van der Waals surface area contributed by atoms with Crippen LogP contribution >= 0.6 is 0 Å². The van der Waals surface area contributed by atoms with Gasteiger partial charge in [-0.2, -0.15) is 0 Å². The highest BCUT2D eigenvalue weighted by Gasteiger charge is 1.95. The van der Waals surface area contributed by atoms with Gasteiger partial charge in [0.25, 0.3) is 0 Å². The number of hydrogen-bond acceptors (Lipinski definition) is 2. The van der Waals surface area contributed by atoms with E-state index in [1.54, 1.807) is 6.07 Å². The van der Waals surface area contributed by atoms with Gasteiger partial charge in [-0.15, -0.1) is 0 Å². The highest BCUT2D eigenvalue weighted by atomic mass is 16.1. The zero-order valence-electron chi connectivity index (χ0n) is 6.92. The summed E-state index contributed by atoms with van der Waals surface area (Å²) in [6, 6.07) is 8.45. The second-order valence-corrected chi connectivity index (χ2v) is 2.48. The van der Waals surface area contributed by atoms with Crippen molar-refractivity contribution in [1.82, 2.24) is 0 Å². The number of anilines is 1. The fourth-order valence-electron chi connectivity index (χ4n) is 0.898. The molecule has 3 nitrogen and oxygen atoms in total. The molecule has 3 N–H and O–H groups in total. The van der Waals surface area contributed by atoms with Crippen molar-refractivity contribution in [3.63, 3.8) is 0 Å². The van der Waals surface area contributed by atoms with Crippen molar-refractivity contribution < 1.29 is 4.79 Å². The molecule has 12 heavy (non-hydrogen) atoms. The molecule has 63 valence electrons. The second kappa shape index (κ2) is 3.88. The lowest BCUT2D eigenvalue weighted by Crippen LogP contribution is -2.06. The Morgan fingerprint density at radius 1 is 1.67 bits per heavy atom. The Hall–Kier alpha value is -1.35. The smallest absolute Gasteiger partial charge is 0.221 e. The molecule has 1 radical (unpaired) electrons. The Labute approximate surface area is 71.6 Å². The van der Waals surface area contributed by atoms with E-state index < -0.39 is 0 Å². The quantitative estimate of drug-likeness (QED) is 0.680. The number of carbonyl (C=O) groups excluding carboxylic acids is 1. The van der Waals surface area contributed by atoms with E-state index in [9.17, 15) is 4.79 Å². The first-order chi connectivity index (χ1) is 5.72. The third-order valence-corrected chi connectivity index (χ3v) is 1.39. The first-order valence-corrected chi connectivity index (χ1v) is 3.71. The number of nitrogens with two attached hydrogens (primary N) is 1. The summed E-state index contributed by atoms with van der Waals surface area (Å²) in [5, 5.41) is 2.63. The van der Waals surface area contributed by atoms with Crippen LogP contribution in [0.3, 0.4) is 0 Å². The van der Waals surface area contributed by atoms with E-state index in [-0.39, 0.29) is 5.91 Å². The lowest BCUT2D eigenvalue weighted by Gasteiger charge is -2.02. The van der Waals surface area contributed by atoms with Gasteiger partial charge in [-0.25, -0.2) is 0 Å². The summed E-state index contributed by atoms with van der Waals surface area (Å²) in [6.07, 6.45) is 0.